The minimum absolute atomic E-state index is 0.0452. The zero-order valence-corrected chi connectivity index (χ0v) is 16.8. The molecule has 0 aliphatic carbocycles. The molecule has 1 saturated heterocycles. The Bertz CT molecular complexity index is 810. The van der Waals surface area contributed by atoms with Crippen LogP contribution in [-0.4, -0.2) is 63.0 Å². The van der Waals surface area contributed by atoms with Crippen LogP contribution in [0.15, 0.2) is 16.2 Å². The van der Waals surface area contributed by atoms with Crippen molar-refractivity contribution in [2.24, 2.45) is 0 Å². The third-order valence-electron chi connectivity index (χ3n) is 5.05. The molecular weight excluding hydrogens is 366 g/mol. The highest BCUT2D eigenvalue weighted by atomic mass is 32.2. The third kappa shape index (κ3) is 4.36. The number of thioether (sulfide) groups is 1. The van der Waals surface area contributed by atoms with Gasteiger partial charge in [-0.25, -0.2) is 9.67 Å². The minimum atomic E-state index is 0.0452. The first-order valence-electron chi connectivity index (χ1n) is 9.21. The van der Waals surface area contributed by atoms with Gasteiger partial charge in [-0.2, -0.15) is 16.9 Å². The third-order valence-corrected chi connectivity index (χ3v) is 6.88. The van der Waals surface area contributed by atoms with Crippen LogP contribution >= 0.6 is 23.1 Å². The van der Waals surface area contributed by atoms with Gasteiger partial charge >= 0.3 is 0 Å². The Balaban J connectivity index is 1.28. The van der Waals surface area contributed by atoms with E-state index in [1.807, 2.05) is 11.8 Å². The Morgan fingerprint density at radius 2 is 1.96 bits per heavy atom. The maximum Gasteiger partial charge on any atom is 0.267 e. The second-order valence-electron chi connectivity index (χ2n) is 6.96. The highest BCUT2D eigenvalue weighted by molar-refractivity contribution is 7.98. The lowest BCUT2D eigenvalue weighted by molar-refractivity contribution is 0.121. The summed E-state index contributed by atoms with van der Waals surface area (Å²) < 4.78 is 1.67. The van der Waals surface area contributed by atoms with Crippen molar-refractivity contribution in [2.75, 3.05) is 38.5 Å². The zero-order valence-electron chi connectivity index (χ0n) is 15.2. The molecule has 0 unspecified atom stereocenters. The van der Waals surface area contributed by atoms with Crippen molar-refractivity contribution in [1.82, 2.24) is 24.6 Å². The van der Waals surface area contributed by atoms with Crippen molar-refractivity contribution < 1.29 is 0 Å². The molecule has 0 N–H and O–H groups in total. The van der Waals surface area contributed by atoms with Crippen molar-refractivity contribution in [3.05, 3.63) is 43.8 Å². The largest absolute Gasteiger partial charge is 0.299 e. The van der Waals surface area contributed by atoms with Crippen molar-refractivity contribution in [1.29, 1.82) is 0 Å². The van der Waals surface area contributed by atoms with Gasteiger partial charge in [0.2, 0.25) is 0 Å². The summed E-state index contributed by atoms with van der Waals surface area (Å²) in [7, 11) is 0. The van der Waals surface area contributed by atoms with Crippen molar-refractivity contribution >= 4 is 23.1 Å². The number of fused-ring (bicyclic) bond motifs is 1. The maximum atomic E-state index is 12.3. The number of piperazine rings is 1. The fraction of sp³-hybridized carbons (Fsp3) is 0.611. The van der Waals surface area contributed by atoms with Gasteiger partial charge in [0.05, 0.1) is 22.9 Å². The van der Waals surface area contributed by atoms with Crippen LogP contribution in [0.4, 0.5) is 0 Å². The topological polar surface area (TPSA) is 54.3 Å². The molecule has 2 aromatic heterocycles. The predicted octanol–water partition coefficient (Wildman–Crippen LogP) is 1.62. The summed E-state index contributed by atoms with van der Waals surface area (Å²) >= 11 is 3.61. The summed E-state index contributed by atoms with van der Waals surface area (Å²) in [5.74, 6) is 2.04. The molecule has 1 fully saturated rings. The highest BCUT2D eigenvalue weighted by Crippen LogP contribution is 2.21. The number of aryl methyl sites for hydroxylation is 2. The molecule has 2 aliphatic rings. The van der Waals surface area contributed by atoms with Gasteiger partial charge < -0.3 is 0 Å². The number of hydrogen-bond donors (Lipinski definition) is 0. The molecular formula is C18H25N5OS2. The molecule has 8 heteroatoms. The Hall–Kier alpha value is -1.22. The van der Waals surface area contributed by atoms with E-state index in [-0.39, 0.29) is 5.56 Å². The van der Waals surface area contributed by atoms with Crippen molar-refractivity contribution in [3.63, 3.8) is 0 Å². The van der Waals surface area contributed by atoms with E-state index in [1.165, 1.54) is 5.69 Å². The van der Waals surface area contributed by atoms with Crippen LogP contribution < -0.4 is 5.56 Å². The normalized spacial score (nSPS) is 18.8. The van der Waals surface area contributed by atoms with Crippen LogP contribution in [-0.2, 0) is 25.3 Å². The number of aromatic nitrogens is 3. The first kappa shape index (κ1) is 18.2. The van der Waals surface area contributed by atoms with E-state index in [4.69, 9.17) is 0 Å². The van der Waals surface area contributed by atoms with Gasteiger partial charge in [0.25, 0.3) is 5.56 Å². The van der Waals surface area contributed by atoms with E-state index >= 15 is 0 Å². The average Bonchev–Trinajstić information content (AvgIpc) is 3.06. The first-order chi connectivity index (χ1) is 12.7. The van der Waals surface area contributed by atoms with Crippen LogP contribution in [0.3, 0.4) is 0 Å². The molecule has 6 nitrogen and oxygen atoms in total. The molecule has 4 heterocycles. The second kappa shape index (κ2) is 8.21. The second-order valence-corrected chi connectivity index (χ2v) is 9.12. The van der Waals surface area contributed by atoms with Gasteiger partial charge in [-0.15, -0.1) is 11.3 Å². The van der Waals surface area contributed by atoms with E-state index in [1.54, 1.807) is 22.1 Å². The molecule has 0 bridgehead atoms. The van der Waals surface area contributed by atoms with E-state index in [0.717, 1.165) is 73.5 Å². The molecule has 2 aromatic rings. The fourth-order valence-corrected chi connectivity index (χ4v) is 5.09. The summed E-state index contributed by atoms with van der Waals surface area (Å²) in [5, 5.41) is 7.92. The number of rotatable bonds is 5. The molecule has 4 rings (SSSR count). The quantitative estimate of drug-likeness (QED) is 0.772. The molecule has 140 valence electrons. The van der Waals surface area contributed by atoms with Gasteiger partial charge in [0, 0.05) is 62.9 Å². The van der Waals surface area contributed by atoms with Gasteiger partial charge in [-0.3, -0.25) is 14.6 Å². The predicted molar refractivity (Wildman–Crippen MR) is 107 cm³/mol. The monoisotopic (exact) mass is 391 g/mol. The summed E-state index contributed by atoms with van der Waals surface area (Å²) in [6, 6.07) is 1.79. The molecule has 0 amide bonds. The van der Waals surface area contributed by atoms with Crippen molar-refractivity contribution in [3.8, 4) is 0 Å². The summed E-state index contributed by atoms with van der Waals surface area (Å²) in [6.45, 7) is 8.78. The Labute approximate surface area is 162 Å². The number of thiazole rings is 1. The Morgan fingerprint density at radius 1 is 1.15 bits per heavy atom. The summed E-state index contributed by atoms with van der Waals surface area (Å²) in [4.78, 5) is 21.7. The van der Waals surface area contributed by atoms with E-state index in [9.17, 15) is 4.79 Å². The average molecular weight is 392 g/mol. The van der Waals surface area contributed by atoms with Gasteiger partial charge in [0.1, 0.15) is 0 Å². The van der Waals surface area contributed by atoms with Crippen molar-refractivity contribution in [2.45, 2.75) is 32.2 Å². The molecule has 0 saturated carbocycles. The maximum absolute atomic E-state index is 12.3. The van der Waals surface area contributed by atoms with Crippen LogP contribution in [0.5, 0.6) is 0 Å². The molecule has 0 aromatic carbocycles. The standard InChI is InChI=1S/C18H25N5OS2/c1-14-19-16(13-26-14)11-22-5-3-21(4-6-22)7-8-23-18(24)10-15-12-25-9-2-17(15)20-23/h10,13H,2-9,11-12H2,1H3. The van der Waals surface area contributed by atoms with E-state index < -0.39 is 0 Å². The van der Waals surface area contributed by atoms with Gasteiger partial charge in [0.15, 0.2) is 0 Å². The van der Waals surface area contributed by atoms with Crippen LogP contribution in [0.2, 0.25) is 0 Å². The fourth-order valence-electron chi connectivity index (χ4n) is 3.53. The lowest BCUT2D eigenvalue weighted by Crippen LogP contribution is -2.47. The minimum Gasteiger partial charge on any atom is -0.299 e. The van der Waals surface area contributed by atoms with Crippen LogP contribution in [0.25, 0.3) is 0 Å². The molecule has 0 radical (unpaired) electrons. The highest BCUT2D eigenvalue weighted by Gasteiger charge is 2.18. The SMILES string of the molecule is Cc1nc(CN2CCN(CCn3nc4c(cc3=O)CSCC4)CC2)cs1. The van der Waals surface area contributed by atoms with Gasteiger partial charge in [-0.05, 0) is 18.2 Å². The molecule has 0 atom stereocenters. The van der Waals surface area contributed by atoms with Gasteiger partial charge in [-0.1, -0.05) is 0 Å². The lowest BCUT2D eigenvalue weighted by atomic mass is 10.2. The Morgan fingerprint density at radius 3 is 2.73 bits per heavy atom. The number of nitrogens with zero attached hydrogens (tertiary/aromatic N) is 5. The molecule has 26 heavy (non-hydrogen) atoms. The molecule has 2 aliphatic heterocycles. The molecule has 0 spiro atoms. The van der Waals surface area contributed by atoms with E-state index in [2.05, 4.69) is 32.2 Å². The smallest absolute Gasteiger partial charge is 0.267 e. The van der Waals surface area contributed by atoms with Crippen LogP contribution in [0, 0.1) is 6.92 Å². The Kier molecular flexibility index (Phi) is 5.73. The van der Waals surface area contributed by atoms with Crippen LogP contribution in [0.1, 0.15) is 22.0 Å². The number of hydrogen-bond acceptors (Lipinski definition) is 7. The first-order valence-corrected chi connectivity index (χ1v) is 11.2. The summed E-state index contributed by atoms with van der Waals surface area (Å²) in [6.07, 6.45) is 0.981. The lowest BCUT2D eigenvalue weighted by Gasteiger charge is -2.34. The zero-order chi connectivity index (χ0) is 17.9. The summed E-state index contributed by atoms with van der Waals surface area (Å²) in [5.41, 5.74) is 3.48. The van der Waals surface area contributed by atoms with E-state index in [0.29, 0.717) is 6.54 Å².